The van der Waals surface area contributed by atoms with E-state index in [1.54, 1.807) is 33.5 Å². The lowest BCUT2D eigenvalue weighted by molar-refractivity contribution is 0.0530. The topological polar surface area (TPSA) is 82.9 Å². The Bertz CT molecular complexity index is 1050. The molecule has 0 N–H and O–H groups in total. The number of aromatic nitrogens is 1. The molecule has 2 saturated heterocycles. The number of benzene rings is 1. The minimum absolute atomic E-state index is 0.0403. The molecule has 2 aliphatic rings. The Morgan fingerprint density at radius 1 is 0.806 bits per heavy atom. The van der Waals surface area contributed by atoms with Crippen LogP contribution in [0.2, 0.25) is 0 Å². The van der Waals surface area contributed by atoms with Gasteiger partial charge in [0.1, 0.15) is 10.6 Å². The number of carbonyl (C=O) groups excluding carboxylic acids is 2. The predicted molar refractivity (Wildman–Crippen MR) is 116 cm³/mol. The Hall–Kier alpha value is -2.65. The van der Waals surface area contributed by atoms with Crippen LogP contribution >= 0.6 is 0 Å². The number of aryl methyl sites for hydroxylation is 1. The van der Waals surface area contributed by atoms with Crippen LogP contribution in [0.4, 0.5) is 0 Å². The fourth-order valence-electron chi connectivity index (χ4n) is 4.18. The molecule has 1 aromatic heterocycles. The smallest absolute Gasteiger partial charge is 0.270 e. The van der Waals surface area contributed by atoms with Crippen LogP contribution in [-0.2, 0) is 17.1 Å². The van der Waals surface area contributed by atoms with E-state index < -0.39 is 10.0 Å². The molecule has 0 spiro atoms. The maximum Gasteiger partial charge on any atom is 0.270 e. The van der Waals surface area contributed by atoms with Crippen molar-refractivity contribution < 1.29 is 18.0 Å². The summed E-state index contributed by atoms with van der Waals surface area (Å²) in [5.74, 6) is -0.254. The number of nitrogens with zero attached hydrogens (tertiary/aromatic N) is 4. The first kappa shape index (κ1) is 21.6. The van der Waals surface area contributed by atoms with Crippen LogP contribution in [0.5, 0.6) is 0 Å². The molecule has 8 nitrogen and oxygen atoms in total. The molecule has 0 bridgehead atoms. The maximum atomic E-state index is 13.1. The van der Waals surface area contributed by atoms with Crippen LogP contribution in [0.3, 0.4) is 0 Å². The van der Waals surface area contributed by atoms with Crippen molar-refractivity contribution in [1.82, 2.24) is 18.7 Å². The van der Waals surface area contributed by atoms with Gasteiger partial charge in [-0.05, 0) is 31.0 Å². The third kappa shape index (κ3) is 4.38. The molecule has 0 radical (unpaired) electrons. The summed E-state index contributed by atoms with van der Waals surface area (Å²) in [4.78, 5) is 29.3. The Kier molecular flexibility index (Phi) is 6.15. The number of piperidine rings is 1. The first-order chi connectivity index (χ1) is 14.9. The molecule has 2 fully saturated rings. The van der Waals surface area contributed by atoms with E-state index in [-0.39, 0.29) is 16.7 Å². The number of sulfonamides is 1. The predicted octanol–water partition coefficient (Wildman–Crippen LogP) is 1.80. The van der Waals surface area contributed by atoms with E-state index in [4.69, 9.17) is 0 Å². The fraction of sp³-hybridized carbons (Fsp3) is 0.455. The van der Waals surface area contributed by atoms with Crippen molar-refractivity contribution in [3.05, 3.63) is 53.9 Å². The third-order valence-corrected chi connectivity index (χ3v) is 7.89. The number of carbonyl (C=O) groups is 2. The van der Waals surface area contributed by atoms with E-state index in [0.29, 0.717) is 50.5 Å². The highest BCUT2D eigenvalue weighted by Crippen LogP contribution is 2.23. The maximum absolute atomic E-state index is 13.1. The Balaban J connectivity index is 1.43. The van der Waals surface area contributed by atoms with E-state index in [1.165, 1.54) is 16.6 Å². The molecule has 2 amide bonds. The van der Waals surface area contributed by atoms with Crippen LogP contribution in [0.15, 0.2) is 47.5 Å². The van der Waals surface area contributed by atoms with Crippen LogP contribution in [0, 0.1) is 0 Å². The van der Waals surface area contributed by atoms with Crippen molar-refractivity contribution in [2.75, 3.05) is 39.3 Å². The number of amides is 2. The lowest BCUT2D eigenvalue weighted by Crippen LogP contribution is -2.50. The quantitative estimate of drug-likeness (QED) is 0.720. The molecule has 0 atom stereocenters. The summed E-state index contributed by atoms with van der Waals surface area (Å²) in [6.45, 7) is 2.77. The van der Waals surface area contributed by atoms with Crippen molar-refractivity contribution in [1.29, 1.82) is 0 Å². The second kappa shape index (κ2) is 8.84. The lowest BCUT2D eigenvalue weighted by atomic mass is 10.2. The Labute approximate surface area is 183 Å². The molecule has 1 aromatic carbocycles. The molecule has 2 aliphatic heterocycles. The second-order valence-electron chi connectivity index (χ2n) is 8.09. The molecular formula is C22H28N4O4S. The molecule has 31 heavy (non-hydrogen) atoms. The normalized spacial score (nSPS) is 18.2. The molecular weight excluding hydrogens is 416 g/mol. The van der Waals surface area contributed by atoms with Crippen molar-refractivity contribution in [3.8, 4) is 0 Å². The van der Waals surface area contributed by atoms with E-state index >= 15 is 0 Å². The van der Waals surface area contributed by atoms with Gasteiger partial charge in [0.25, 0.3) is 11.8 Å². The SMILES string of the molecule is Cn1cc(S(=O)(=O)N2CCCCC2)cc1C(=O)N1CCN(C(=O)c2ccccc2)CC1. The lowest BCUT2D eigenvalue weighted by Gasteiger charge is -2.34. The summed E-state index contributed by atoms with van der Waals surface area (Å²) in [5.41, 5.74) is 0.982. The van der Waals surface area contributed by atoms with E-state index in [1.807, 2.05) is 18.2 Å². The average Bonchev–Trinajstić information content (AvgIpc) is 3.22. The van der Waals surface area contributed by atoms with Gasteiger partial charge in [0.05, 0.1) is 0 Å². The first-order valence-electron chi connectivity index (χ1n) is 10.7. The van der Waals surface area contributed by atoms with Crippen molar-refractivity contribution in [2.24, 2.45) is 7.05 Å². The van der Waals surface area contributed by atoms with Gasteiger partial charge in [-0.1, -0.05) is 24.6 Å². The van der Waals surface area contributed by atoms with Crippen LogP contribution in [0.1, 0.15) is 40.1 Å². The molecule has 166 valence electrons. The van der Waals surface area contributed by atoms with Gasteiger partial charge >= 0.3 is 0 Å². The summed E-state index contributed by atoms with van der Waals surface area (Å²) in [5, 5.41) is 0. The van der Waals surface area contributed by atoms with Gasteiger partial charge in [0.15, 0.2) is 0 Å². The highest BCUT2D eigenvalue weighted by atomic mass is 32.2. The fourth-order valence-corrected chi connectivity index (χ4v) is 5.77. The monoisotopic (exact) mass is 444 g/mol. The van der Waals surface area contributed by atoms with Crippen molar-refractivity contribution >= 4 is 21.8 Å². The van der Waals surface area contributed by atoms with Crippen LogP contribution in [0.25, 0.3) is 0 Å². The molecule has 4 rings (SSSR count). The van der Waals surface area contributed by atoms with Gasteiger partial charge in [0.2, 0.25) is 10.0 Å². The molecule has 0 unspecified atom stereocenters. The minimum atomic E-state index is -3.59. The van der Waals surface area contributed by atoms with Gasteiger partial charge in [-0.2, -0.15) is 4.31 Å². The minimum Gasteiger partial charge on any atom is -0.345 e. The second-order valence-corrected chi connectivity index (χ2v) is 10.0. The third-order valence-electron chi connectivity index (χ3n) is 6.03. The molecule has 3 heterocycles. The largest absolute Gasteiger partial charge is 0.345 e. The number of piperazine rings is 1. The molecule has 9 heteroatoms. The standard InChI is InChI=1S/C22H28N4O4S/c1-23-17-19(31(29,30)26-10-6-3-7-11-26)16-20(23)22(28)25-14-12-24(13-15-25)21(27)18-8-4-2-5-9-18/h2,4-5,8-9,16-17H,3,6-7,10-15H2,1H3. The van der Waals surface area contributed by atoms with Crippen molar-refractivity contribution in [3.63, 3.8) is 0 Å². The van der Waals surface area contributed by atoms with E-state index in [2.05, 4.69) is 0 Å². The zero-order chi connectivity index (χ0) is 22.0. The van der Waals surface area contributed by atoms with E-state index in [0.717, 1.165) is 19.3 Å². The highest BCUT2D eigenvalue weighted by Gasteiger charge is 2.31. The molecule has 2 aromatic rings. The summed E-state index contributed by atoms with van der Waals surface area (Å²) in [7, 11) is -1.90. The van der Waals surface area contributed by atoms with E-state index in [9.17, 15) is 18.0 Å². The summed E-state index contributed by atoms with van der Waals surface area (Å²) < 4.78 is 29.0. The zero-order valence-electron chi connectivity index (χ0n) is 17.7. The average molecular weight is 445 g/mol. The van der Waals surface area contributed by atoms with Gasteiger partial charge < -0.3 is 14.4 Å². The Morgan fingerprint density at radius 2 is 1.39 bits per heavy atom. The molecule has 0 aliphatic carbocycles. The van der Waals surface area contributed by atoms with Gasteiger partial charge in [-0.3, -0.25) is 9.59 Å². The molecule has 0 saturated carbocycles. The van der Waals surface area contributed by atoms with Crippen molar-refractivity contribution in [2.45, 2.75) is 24.2 Å². The summed E-state index contributed by atoms with van der Waals surface area (Å²) >= 11 is 0. The number of hydrogen-bond acceptors (Lipinski definition) is 4. The van der Waals surface area contributed by atoms with Gasteiger partial charge in [-0.15, -0.1) is 0 Å². The highest BCUT2D eigenvalue weighted by molar-refractivity contribution is 7.89. The van der Waals surface area contributed by atoms with Crippen LogP contribution in [-0.4, -0.2) is 78.2 Å². The van der Waals surface area contributed by atoms with Crippen LogP contribution < -0.4 is 0 Å². The number of rotatable bonds is 4. The van der Waals surface area contributed by atoms with Gasteiger partial charge in [0, 0.05) is 58.1 Å². The zero-order valence-corrected chi connectivity index (χ0v) is 18.6. The first-order valence-corrected chi connectivity index (χ1v) is 12.1. The summed E-state index contributed by atoms with van der Waals surface area (Å²) in [6, 6.07) is 10.6. The number of hydrogen-bond donors (Lipinski definition) is 0. The van der Waals surface area contributed by atoms with Gasteiger partial charge in [-0.25, -0.2) is 8.42 Å². The summed E-state index contributed by atoms with van der Waals surface area (Å²) in [6.07, 6.45) is 4.29. The Morgan fingerprint density at radius 3 is 2.00 bits per heavy atom.